The second-order valence-electron chi connectivity index (χ2n) is 4.31. The normalized spacial score (nSPS) is 10.7. The SMILES string of the molecule is Cc1ncc(CNc2cccc(Cl)c2-n2ccnc2)s1. The molecule has 0 fully saturated rings. The summed E-state index contributed by atoms with van der Waals surface area (Å²) >= 11 is 8.00. The van der Waals surface area contributed by atoms with Crippen LogP contribution in [-0.4, -0.2) is 14.5 Å². The molecule has 0 atom stereocenters. The second-order valence-corrected chi connectivity index (χ2v) is 6.03. The van der Waals surface area contributed by atoms with Gasteiger partial charge in [-0.3, -0.25) is 0 Å². The van der Waals surface area contributed by atoms with Crippen LogP contribution in [0.1, 0.15) is 9.88 Å². The minimum Gasteiger partial charge on any atom is -0.378 e. The van der Waals surface area contributed by atoms with Gasteiger partial charge in [0.05, 0.1) is 34.3 Å². The lowest BCUT2D eigenvalue weighted by atomic mass is 10.2. The summed E-state index contributed by atoms with van der Waals surface area (Å²) in [4.78, 5) is 9.52. The number of nitrogens with zero attached hydrogens (tertiary/aromatic N) is 3. The fourth-order valence-electron chi connectivity index (χ4n) is 1.98. The highest BCUT2D eigenvalue weighted by Gasteiger charge is 2.09. The molecule has 1 N–H and O–H groups in total. The zero-order valence-electron chi connectivity index (χ0n) is 10.9. The van der Waals surface area contributed by atoms with Gasteiger partial charge in [0.2, 0.25) is 0 Å². The number of halogens is 1. The lowest BCUT2D eigenvalue weighted by Gasteiger charge is -2.13. The summed E-state index contributed by atoms with van der Waals surface area (Å²) < 4.78 is 1.91. The molecule has 0 saturated carbocycles. The van der Waals surface area contributed by atoms with Crippen LogP contribution in [0.15, 0.2) is 43.1 Å². The number of hydrogen-bond acceptors (Lipinski definition) is 4. The largest absolute Gasteiger partial charge is 0.378 e. The van der Waals surface area contributed by atoms with Gasteiger partial charge in [0.1, 0.15) is 0 Å². The lowest BCUT2D eigenvalue weighted by Crippen LogP contribution is -2.03. The van der Waals surface area contributed by atoms with Crippen molar-refractivity contribution in [2.24, 2.45) is 0 Å². The number of thiazole rings is 1. The Morgan fingerprint density at radius 1 is 1.40 bits per heavy atom. The maximum absolute atomic E-state index is 6.31. The minimum absolute atomic E-state index is 0.688. The van der Waals surface area contributed by atoms with E-state index in [1.54, 1.807) is 23.9 Å². The third-order valence-electron chi connectivity index (χ3n) is 2.87. The molecular formula is C14H13ClN4S. The van der Waals surface area contributed by atoms with Gasteiger partial charge < -0.3 is 9.88 Å². The van der Waals surface area contributed by atoms with Gasteiger partial charge in [0.15, 0.2) is 0 Å². The molecule has 4 nitrogen and oxygen atoms in total. The van der Waals surface area contributed by atoms with Gasteiger partial charge in [-0.15, -0.1) is 11.3 Å². The maximum atomic E-state index is 6.31. The van der Waals surface area contributed by atoms with Crippen LogP contribution in [0.4, 0.5) is 5.69 Å². The van der Waals surface area contributed by atoms with Crippen LogP contribution in [0.3, 0.4) is 0 Å². The Hall–Kier alpha value is -1.85. The maximum Gasteiger partial charge on any atom is 0.0992 e. The molecule has 6 heteroatoms. The Labute approximate surface area is 126 Å². The molecule has 2 heterocycles. The highest BCUT2D eigenvalue weighted by Crippen LogP contribution is 2.29. The molecule has 0 spiro atoms. The predicted molar refractivity (Wildman–Crippen MR) is 82.8 cm³/mol. The Bertz CT molecular complexity index is 706. The van der Waals surface area contributed by atoms with E-state index in [2.05, 4.69) is 15.3 Å². The number of imidazole rings is 1. The van der Waals surface area contributed by atoms with Crippen LogP contribution in [0.2, 0.25) is 5.02 Å². The summed E-state index contributed by atoms with van der Waals surface area (Å²) in [6.07, 6.45) is 7.25. The Kier molecular flexibility index (Phi) is 3.71. The van der Waals surface area contributed by atoms with Crippen molar-refractivity contribution in [1.29, 1.82) is 0 Å². The standard InChI is InChI=1S/C14H13ClN4S/c1-10-17-7-11(20-10)8-18-13-4-2-3-12(15)14(13)19-6-5-16-9-19/h2-7,9,18H,8H2,1H3. The quantitative estimate of drug-likeness (QED) is 0.795. The molecule has 0 bridgehead atoms. The molecule has 0 aliphatic rings. The Balaban J connectivity index is 1.88. The first-order valence-corrected chi connectivity index (χ1v) is 7.35. The number of aromatic nitrogens is 3. The third-order valence-corrected chi connectivity index (χ3v) is 4.09. The number of nitrogens with one attached hydrogen (secondary N) is 1. The van der Waals surface area contributed by atoms with Crippen molar-refractivity contribution >= 4 is 28.6 Å². The van der Waals surface area contributed by atoms with Crippen molar-refractivity contribution in [3.05, 3.63) is 58.0 Å². The van der Waals surface area contributed by atoms with Crippen molar-refractivity contribution < 1.29 is 0 Å². The fraction of sp³-hybridized carbons (Fsp3) is 0.143. The van der Waals surface area contributed by atoms with E-state index in [0.717, 1.165) is 22.9 Å². The smallest absolute Gasteiger partial charge is 0.0992 e. The van der Waals surface area contributed by atoms with Gasteiger partial charge in [0, 0.05) is 23.5 Å². The topological polar surface area (TPSA) is 42.7 Å². The third kappa shape index (κ3) is 2.69. The van der Waals surface area contributed by atoms with E-state index in [4.69, 9.17) is 11.6 Å². The molecule has 2 aromatic heterocycles. The van der Waals surface area contributed by atoms with Crippen molar-refractivity contribution in [2.45, 2.75) is 13.5 Å². The van der Waals surface area contributed by atoms with Gasteiger partial charge in [-0.1, -0.05) is 17.7 Å². The second kappa shape index (κ2) is 5.64. The molecule has 3 rings (SSSR count). The van der Waals surface area contributed by atoms with Gasteiger partial charge in [-0.05, 0) is 19.1 Å². The van der Waals surface area contributed by atoms with Gasteiger partial charge >= 0.3 is 0 Å². The molecule has 102 valence electrons. The lowest BCUT2D eigenvalue weighted by molar-refractivity contribution is 1.05. The van der Waals surface area contributed by atoms with Crippen LogP contribution in [-0.2, 0) is 6.54 Å². The molecular weight excluding hydrogens is 292 g/mol. The molecule has 20 heavy (non-hydrogen) atoms. The van der Waals surface area contributed by atoms with Crippen molar-refractivity contribution in [3.8, 4) is 5.69 Å². The van der Waals surface area contributed by atoms with E-state index in [1.807, 2.05) is 42.1 Å². The molecule has 3 aromatic rings. The summed E-state index contributed by atoms with van der Waals surface area (Å²) in [5.74, 6) is 0. The van der Waals surface area contributed by atoms with Crippen LogP contribution >= 0.6 is 22.9 Å². The van der Waals surface area contributed by atoms with Crippen LogP contribution in [0.25, 0.3) is 5.69 Å². The molecule has 0 aliphatic carbocycles. The van der Waals surface area contributed by atoms with Crippen molar-refractivity contribution in [1.82, 2.24) is 14.5 Å². The fourth-order valence-corrected chi connectivity index (χ4v) is 2.99. The van der Waals surface area contributed by atoms with E-state index >= 15 is 0 Å². The van der Waals surface area contributed by atoms with Crippen molar-refractivity contribution in [3.63, 3.8) is 0 Å². The predicted octanol–water partition coefficient (Wildman–Crippen LogP) is 3.90. The van der Waals surface area contributed by atoms with Gasteiger partial charge in [-0.2, -0.15) is 0 Å². The summed E-state index contributed by atoms with van der Waals surface area (Å²) in [6.45, 7) is 2.73. The summed E-state index contributed by atoms with van der Waals surface area (Å²) in [5, 5.41) is 5.17. The summed E-state index contributed by atoms with van der Waals surface area (Å²) in [5.41, 5.74) is 1.88. The zero-order valence-corrected chi connectivity index (χ0v) is 12.4. The van der Waals surface area contributed by atoms with E-state index in [-0.39, 0.29) is 0 Å². The molecule has 0 aliphatic heterocycles. The Morgan fingerprint density at radius 2 is 2.30 bits per heavy atom. The number of rotatable bonds is 4. The van der Waals surface area contributed by atoms with Gasteiger partial charge in [-0.25, -0.2) is 9.97 Å². The van der Waals surface area contributed by atoms with E-state index in [0.29, 0.717) is 5.02 Å². The number of para-hydroxylation sites is 1. The average molecular weight is 305 g/mol. The zero-order chi connectivity index (χ0) is 13.9. The minimum atomic E-state index is 0.688. The molecule has 0 amide bonds. The average Bonchev–Trinajstić information content (AvgIpc) is 3.08. The van der Waals surface area contributed by atoms with Crippen molar-refractivity contribution in [2.75, 3.05) is 5.32 Å². The summed E-state index contributed by atoms with van der Waals surface area (Å²) in [6, 6.07) is 5.82. The first-order chi connectivity index (χ1) is 9.74. The van der Waals surface area contributed by atoms with Crippen LogP contribution in [0.5, 0.6) is 0 Å². The number of hydrogen-bond donors (Lipinski definition) is 1. The van der Waals surface area contributed by atoms with E-state index in [9.17, 15) is 0 Å². The van der Waals surface area contributed by atoms with Crippen LogP contribution < -0.4 is 5.32 Å². The first kappa shape index (κ1) is 13.1. The molecule has 1 aromatic carbocycles. The Morgan fingerprint density at radius 3 is 3.00 bits per heavy atom. The molecule has 0 unspecified atom stereocenters. The van der Waals surface area contributed by atoms with Gasteiger partial charge in [0.25, 0.3) is 0 Å². The van der Waals surface area contributed by atoms with Crippen LogP contribution in [0, 0.1) is 6.92 Å². The number of aryl methyl sites for hydroxylation is 1. The molecule has 0 saturated heterocycles. The molecule has 0 radical (unpaired) electrons. The van der Waals surface area contributed by atoms with E-state index < -0.39 is 0 Å². The summed E-state index contributed by atoms with van der Waals surface area (Å²) in [7, 11) is 0. The number of benzene rings is 1. The highest BCUT2D eigenvalue weighted by atomic mass is 35.5. The number of anilines is 1. The monoisotopic (exact) mass is 304 g/mol. The van der Waals surface area contributed by atoms with E-state index in [1.165, 1.54) is 4.88 Å². The highest BCUT2D eigenvalue weighted by molar-refractivity contribution is 7.11. The first-order valence-electron chi connectivity index (χ1n) is 6.16.